The predicted octanol–water partition coefficient (Wildman–Crippen LogP) is 4.81. The summed E-state index contributed by atoms with van der Waals surface area (Å²) in [6.07, 6.45) is 0. The van der Waals surface area contributed by atoms with Gasteiger partial charge in [-0.05, 0) is 43.1 Å². The number of carbonyl (C=O) groups is 4. The molecule has 0 amide bonds. The Kier molecular flexibility index (Phi) is 13.9. The van der Waals surface area contributed by atoms with Crippen LogP contribution >= 0.6 is 0 Å². The number of benzene rings is 8. The molecule has 0 aromatic heterocycles. The van der Waals surface area contributed by atoms with E-state index in [0.29, 0.717) is 0 Å². The van der Waals surface area contributed by atoms with E-state index >= 15 is 0 Å². The molecule has 9 heteroatoms. The molecule has 8 rings (SSSR count). The first-order valence-electron chi connectivity index (χ1n) is 15.9. The van der Waals surface area contributed by atoms with E-state index in [1.807, 2.05) is 97.1 Å². The van der Waals surface area contributed by atoms with Crippen molar-refractivity contribution in [2.24, 2.45) is 0 Å². The zero-order valence-electron chi connectivity index (χ0n) is 27.9. The SMILES string of the molecule is O=C([O-])c1cccc2ccccc12.O=C([O-])c1cccc2ccccc12.O=C([O-])c1cccc2ccccc12.O=C([O-])c1cccc2ccccc12.[Zr+4]. The quantitative estimate of drug-likeness (QED) is 0.246. The van der Waals surface area contributed by atoms with E-state index in [4.69, 9.17) is 0 Å². The van der Waals surface area contributed by atoms with Crippen molar-refractivity contribution in [3.63, 3.8) is 0 Å². The van der Waals surface area contributed by atoms with Gasteiger partial charge >= 0.3 is 26.2 Å². The topological polar surface area (TPSA) is 161 Å². The van der Waals surface area contributed by atoms with Crippen LogP contribution in [0.5, 0.6) is 0 Å². The molecule has 53 heavy (non-hydrogen) atoms. The fourth-order valence-electron chi connectivity index (χ4n) is 5.61. The number of hydrogen-bond acceptors (Lipinski definition) is 8. The smallest absolute Gasteiger partial charge is 0.545 e. The summed E-state index contributed by atoms with van der Waals surface area (Å²) in [6.45, 7) is 0. The predicted molar refractivity (Wildman–Crippen MR) is 193 cm³/mol. The van der Waals surface area contributed by atoms with Crippen LogP contribution in [0.25, 0.3) is 43.1 Å². The molecule has 0 unspecified atom stereocenters. The fraction of sp³-hybridized carbons (Fsp3) is 0. The van der Waals surface area contributed by atoms with Crippen molar-refractivity contribution in [1.29, 1.82) is 0 Å². The summed E-state index contributed by atoms with van der Waals surface area (Å²) >= 11 is 0. The molecular formula is C44H28O8Zr. The van der Waals surface area contributed by atoms with Crippen LogP contribution < -0.4 is 20.4 Å². The Morgan fingerprint density at radius 1 is 0.264 bits per heavy atom. The van der Waals surface area contributed by atoms with Crippen LogP contribution in [0, 0.1) is 0 Å². The van der Waals surface area contributed by atoms with Gasteiger partial charge in [-0.3, -0.25) is 0 Å². The first-order chi connectivity index (χ1) is 25.2. The Hall–Kier alpha value is -6.44. The van der Waals surface area contributed by atoms with Gasteiger partial charge in [-0.25, -0.2) is 0 Å². The van der Waals surface area contributed by atoms with E-state index in [9.17, 15) is 39.6 Å². The number of carboxylic acid groups (broad SMARTS) is 4. The van der Waals surface area contributed by atoms with Crippen LogP contribution in [0.15, 0.2) is 170 Å². The van der Waals surface area contributed by atoms with Crippen LogP contribution in [0.1, 0.15) is 41.4 Å². The van der Waals surface area contributed by atoms with E-state index in [1.54, 1.807) is 72.8 Å². The molecule has 8 nitrogen and oxygen atoms in total. The third-order valence-corrected chi connectivity index (χ3v) is 8.04. The Morgan fingerprint density at radius 2 is 0.434 bits per heavy atom. The summed E-state index contributed by atoms with van der Waals surface area (Å²) in [5, 5.41) is 49.4. The summed E-state index contributed by atoms with van der Waals surface area (Å²) in [5.74, 6) is -4.51. The van der Waals surface area contributed by atoms with Crippen LogP contribution in [-0.2, 0) is 26.2 Å². The number of rotatable bonds is 4. The third kappa shape index (κ3) is 9.88. The number of carbonyl (C=O) groups excluding carboxylic acids is 4. The average molecular weight is 776 g/mol. The van der Waals surface area contributed by atoms with Gasteiger partial charge in [-0.2, -0.15) is 0 Å². The minimum absolute atomic E-state index is 0. The number of carboxylic acids is 4. The monoisotopic (exact) mass is 774 g/mol. The largest absolute Gasteiger partial charge is 4.00 e. The van der Waals surface area contributed by atoms with Crippen LogP contribution in [0.4, 0.5) is 0 Å². The maximum atomic E-state index is 10.7. The van der Waals surface area contributed by atoms with Gasteiger partial charge in [0.2, 0.25) is 0 Å². The molecule has 0 aliphatic heterocycles. The average Bonchev–Trinajstić information content (AvgIpc) is 3.17. The summed E-state index contributed by atoms with van der Waals surface area (Å²) in [6, 6.07) is 50.0. The molecule has 0 radical (unpaired) electrons. The minimum atomic E-state index is -1.13. The normalized spacial score (nSPS) is 9.96. The van der Waals surface area contributed by atoms with Gasteiger partial charge in [0, 0.05) is 22.3 Å². The number of aromatic carboxylic acids is 4. The van der Waals surface area contributed by atoms with E-state index in [0.717, 1.165) is 43.1 Å². The van der Waals surface area contributed by atoms with Gasteiger partial charge in [0.1, 0.15) is 0 Å². The Bertz CT molecular complexity index is 2180. The van der Waals surface area contributed by atoms with Gasteiger partial charge in [0.05, 0.1) is 23.9 Å². The second-order valence-electron chi connectivity index (χ2n) is 11.3. The van der Waals surface area contributed by atoms with Gasteiger partial charge < -0.3 is 39.6 Å². The molecule has 8 aromatic rings. The fourth-order valence-corrected chi connectivity index (χ4v) is 5.61. The molecule has 0 aliphatic rings. The van der Waals surface area contributed by atoms with E-state index in [-0.39, 0.29) is 48.5 Å². The number of hydrogen-bond donors (Lipinski definition) is 0. The molecule has 0 heterocycles. The molecule has 256 valence electrons. The molecule has 0 aliphatic carbocycles. The van der Waals surface area contributed by atoms with Crippen molar-refractivity contribution >= 4 is 67.0 Å². The maximum absolute atomic E-state index is 10.7. The second kappa shape index (κ2) is 18.7. The molecule has 0 N–H and O–H groups in total. The standard InChI is InChI=1S/4C11H8O2.Zr/c4*12-11(13)10-7-3-5-8-4-1-2-6-9(8)10;/h4*1-7H,(H,12,13);/q;;;;+4/p-4. The molecular weight excluding hydrogens is 748 g/mol. The van der Waals surface area contributed by atoms with Gasteiger partial charge in [0.25, 0.3) is 0 Å². The van der Waals surface area contributed by atoms with Crippen molar-refractivity contribution in [1.82, 2.24) is 0 Å². The second-order valence-corrected chi connectivity index (χ2v) is 11.3. The third-order valence-electron chi connectivity index (χ3n) is 8.04. The minimum Gasteiger partial charge on any atom is -0.545 e. The van der Waals surface area contributed by atoms with Crippen molar-refractivity contribution in [3.8, 4) is 0 Å². The van der Waals surface area contributed by atoms with E-state index in [1.165, 1.54) is 0 Å². The summed E-state index contributed by atoms with van der Waals surface area (Å²) in [4.78, 5) is 42.8. The van der Waals surface area contributed by atoms with Gasteiger partial charge in [-0.1, -0.05) is 170 Å². The van der Waals surface area contributed by atoms with Crippen molar-refractivity contribution in [2.75, 3.05) is 0 Å². The number of fused-ring (bicyclic) bond motifs is 4. The Balaban J connectivity index is 0.000000157. The van der Waals surface area contributed by atoms with Gasteiger partial charge in [0.15, 0.2) is 0 Å². The molecule has 0 spiro atoms. The maximum Gasteiger partial charge on any atom is 4.00 e. The zero-order chi connectivity index (χ0) is 37.0. The molecule has 0 bridgehead atoms. The van der Waals surface area contributed by atoms with Gasteiger partial charge in [-0.15, -0.1) is 0 Å². The summed E-state index contributed by atoms with van der Waals surface area (Å²) in [5.41, 5.74) is 0.993. The molecule has 0 fully saturated rings. The molecule has 0 saturated heterocycles. The summed E-state index contributed by atoms with van der Waals surface area (Å²) in [7, 11) is 0. The van der Waals surface area contributed by atoms with E-state index in [2.05, 4.69) is 0 Å². The first-order valence-corrected chi connectivity index (χ1v) is 15.9. The molecule has 8 aromatic carbocycles. The van der Waals surface area contributed by atoms with E-state index < -0.39 is 23.9 Å². The van der Waals surface area contributed by atoms with Crippen molar-refractivity contribution < 1.29 is 65.8 Å². The van der Waals surface area contributed by atoms with Crippen LogP contribution in [0.2, 0.25) is 0 Å². The Morgan fingerprint density at radius 3 is 0.623 bits per heavy atom. The van der Waals surface area contributed by atoms with Crippen LogP contribution in [0.3, 0.4) is 0 Å². The molecule has 0 saturated carbocycles. The first kappa shape index (κ1) is 39.4. The van der Waals surface area contributed by atoms with Crippen molar-refractivity contribution in [2.45, 2.75) is 0 Å². The Labute approximate surface area is 323 Å². The molecule has 0 atom stereocenters. The van der Waals surface area contributed by atoms with Crippen molar-refractivity contribution in [3.05, 3.63) is 192 Å². The van der Waals surface area contributed by atoms with Crippen LogP contribution in [-0.4, -0.2) is 23.9 Å². The summed E-state index contributed by atoms with van der Waals surface area (Å²) < 4.78 is 0. The zero-order valence-corrected chi connectivity index (χ0v) is 30.4.